The van der Waals surface area contributed by atoms with Gasteiger partial charge in [0.2, 0.25) is 5.75 Å². The molecule has 0 aliphatic carbocycles. The molecule has 1 aromatic rings. The van der Waals surface area contributed by atoms with Gasteiger partial charge in [-0.1, -0.05) is 6.92 Å². The van der Waals surface area contributed by atoms with Gasteiger partial charge >= 0.3 is 0 Å². The van der Waals surface area contributed by atoms with Gasteiger partial charge in [-0.25, -0.2) is 9.97 Å². The first-order valence-electron chi connectivity index (χ1n) is 7.25. The zero-order valence-corrected chi connectivity index (χ0v) is 12.9. The van der Waals surface area contributed by atoms with Gasteiger partial charge in [-0.05, 0) is 20.4 Å². The third-order valence-corrected chi connectivity index (χ3v) is 3.63. The van der Waals surface area contributed by atoms with Crippen LogP contribution in [0.5, 0.6) is 5.75 Å². The van der Waals surface area contributed by atoms with Gasteiger partial charge in [0.15, 0.2) is 11.6 Å². The number of nitrogens with one attached hydrogen (secondary N) is 1. The molecule has 6 nitrogen and oxygen atoms in total. The second kappa shape index (κ2) is 6.74. The Labute approximate surface area is 121 Å². The first-order chi connectivity index (χ1) is 9.67. The lowest BCUT2D eigenvalue weighted by Gasteiger charge is -2.39. The maximum absolute atomic E-state index is 5.56. The quantitative estimate of drug-likeness (QED) is 0.880. The van der Waals surface area contributed by atoms with Crippen LogP contribution in [-0.2, 0) is 0 Å². The van der Waals surface area contributed by atoms with E-state index in [1.54, 1.807) is 13.4 Å². The maximum Gasteiger partial charge on any atom is 0.204 e. The average molecular weight is 279 g/mol. The second-order valence-corrected chi connectivity index (χ2v) is 5.31. The summed E-state index contributed by atoms with van der Waals surface area (Å²) in [6.07, 6.45) is 2.66. The number of nitrogens with zero attached hydrogens (tertiary/aromatic N) is 4. The van der Waals surface area contributed by atoms with Gasteiger partial charge in [-0.2, -0.15) is 0 Å². The summed E-state index contributed by atoms with van der Waals surface area (Å²) in [7, 11) is 3.83. The molecular formula is C14H25N5O. The Hall–Kier alpha value is -1.56. The molecule has 0 spiro atoms. The lowest BCUT2D eigenvalue weighted by atomic mass is 10.2. The molecule has 0 radical (unpaired) electrons. The van der Waals surface area contributed by atoms with Crippen molar-refractivity contribution in [3.05, 3.63) is 6.33 Å². The molecule has 1 aliphatic heterocycles. The van der Waals surface area contributed by atoms with Crippen LogP contribution >= 0.6 is 0 Å². The summed E-state index contributed by atoms with van der Waals surface area (Å²) in [5, 5.41) is 3.30. The zero-order valence-electron chi connectivity index (χ0n) is 12.9. The molecule has 1 saturated heterocycles. The van der Waals surface area contributed by atoms with E-state index in [0.717, 1.165) is 50.0 Å². The predicted octanol–water partition coefficient (Wildman–Crippen LogP) is 1.45. The largest absolute Gasteiger partial charge is 0.490 e. The van der Waals surface area contributed by atoms with Crippen LogP contribution < -0.4 is 15.0 Å². The first kappa shape index (κ1) is 14.8. The van der Waals surface area contributed by atoms with Crippen molar-refractivity contribution in [2.45, 2.75) is 26.3 Å². The van der Waals surface area contributed by atoms with Gasteiger partial charge < -0.3 is 19.9 Å². The molecule has 0 saturated carbocycles. The number of aromatic nitrogens is 2. The Bertz CT molecular complexity index is 440. The van der Waals surface area contributed by atoms with E-state index in [1.165, 1.54) is 0 Å². The molecule has 1 aromatic heterocycles. The SMILES string of the molecule is CCCNc1ncnc(N2CCN(C)CC2C)c1OC. The Kier molecular flexibility index (Phi) is 5.00. The van der Waals surface area contributed by atoms with Crippen molar-refractivity contribution in [1.29, 1.82) is 0 Å². The Morgan fingerprint density at radius 3 is 2.85 bits per heavy atom. The summed E-state index contributed by atoms with van der Waals surface area (Å²) in [5.41, 5.74) is 0. The fourth-order valence-corrected chi connectivity index (χ4v) is 2.58. The molecule has 0 bridgehead atoms. The first-order valence-corrected chi connectivity index (χ1v) is 7.25. The number of ether oxygens (including phenoxy) is 1. The topological polar surface area (TPSA) is 53.5 Å². The number of methoxy groups -OCH3 is 1. The number of anilines is 2. The standard InChI is InChI=1S/C14H25N5O/c1-5-6-15-13-12(20-4)14(17-10-16-13)19-8-7-18(3)9-11(19)2/h10-11H,5-9H2,1-4H3,(H,15,16,17). The summed E-state index contributed by atoms with van der Waals surface area (Å²) >= 11 is 0. The minimum absolute atomic E-state index is 0.413. The number of piperazine rings is 1. The number of likely N-dealkylation sites (N-methyl/N-ethyl adjacent to an activating group) is 1. The van der Waals surface area contributed by atoms with Crippen LogP contribution in [0.4, 0.5) is 11.6 Å². The van der Waals surface area contributed by atoms with E-state index in [1.807, 2.05) is 0 Å². The number of rotatable bonds is 5. The summed E-state index contributed by atoms with van der Waals surface area (Å²) in [6, 6.07) is 0.413. The smallest absolute Gasteiger partial charge is 0.204 e. The predicted molar refractivity (Wildman–Crippen MR) is 81.7 cm³/mol. The van der Waals surface area contributed by atoms with Crippen LogP contribution in [0.25, 0.3) is 0 Å². The minimum Gasteiger partial charge on any atom is -0.490 e. The minimum atomic E-state index is 0.413. The maximum atomic E-state index is 5.56. The van der Waals surface area contributed by atoms with Crippen LogP contribution in [-0.4, -0.2) is 61.2 Å². The van der Waals surface area contributed by atoms with Crippen LogP contribution in [0.3, 0.4) is 0 Å². The summed E-state index contributed by atoms with van der Waals surface area (Å²) in [5.74, 6) is 2.42. The molecule has 2 rings (SSSR count). The monoisotopic (exact) mass is 279 g/mol. The molecule has 1 unspecified atom stereocenters. The van der Waals surface area contributed by atoms with Crippen molar-refractivity contribution in [3.8, 4) is 5.75 Å². The van der Waals surface area contributed by atoms with Crippen LogP contribution in [0, 0.1) is 0 Å². The van der Waals surface area contributed by atoms with Crippen LogP contribution in [0.2, 0.25) is 0 Å². The summed E-state index contributed by atoms with van der Waals surface area (Å²) < 4.78 is 5.56. The van der Waals surface area contributed by atoms with Crippen LogP contribution in [0.15, 0.2) is 6.33 Å². The van der Waals surface area contributed by atoms with Gasteiger partial charge in [0, 0.05) is 32.2 Å². The lowest BCUT2D eigenvalue weighted by Crippen LogP contribution is -2.51. The molecule has 20 heavy (non-hydrogen) atoms. The van der Waals surface area contributed by atoms with Crippen LogP contribution in [0.1, 0.15) is 20.3 Å². The highest BCUT2D eigenvalue weighted by Gasteiger charge is 2.26. The van der Waals surface area contributed by atoms with E-state index in [9.17, 15) is 0 Å². The van der Waals surface area contributed by atoms with E-state index >= 15 is 0 Å². The number of hydrogen-bond acceptors (Lipinski definition) is 6. The molecule has 1 fully saturated rings. The summed E-state index contributed by atoms with van der Waals surface area (Å²) in [6.45, 7) is 8.25. The third kappa shape index (κ3) is 3.12. The third-order valence-electron chi connectivity index (χ3n) is 3.63. The van der Waals surface area contributed by atoms with Crippen molar-refractivity contribution in [3.63, 3.8) is 0 Å². The molecule has 2 heterocycles. The molecule has 112 valence electrons. The molecule has 0 aromatic carbocycles. The molecule has 1 atom stereocenters. The van der Waals surface area contributed by atoms with Crippen molar-refractivity contribution in [2.24, 2.45) is 0 Å². The van der Waals surface area contributed by atoms with E-state index in [0.29, 0.717) is 6.04 Å². The van der Waals surface area contributed by atoms with Gasteiger partial charge in [-0.15, -0.1) is 0 Å². The summed E-state index contributed by atoms with van der Waals surface area (Å²) in [4.78, 5) is 13.4. The van der Waals surface area contributed by atoms with Crippen molar-refractivity contribution < 1.29 is 4.74 Å². The lowest BCUT2D eigenvalue weighted by molar-refractivity contribution is 0.273. The zero-order chi connectivity index (χ0) is 14.5. The van der Waals surface area contributed by atoms with E-state index in [-0.39, 0.29) is 0 Å². The second-order valence-electron chi connectivity index (χ2n) is 5.31. The van der Waals surface area contributed by atoms with Crippen molar-refractivity contribution >= 4 is 11.6 Å². The molecule has 1 N–H and O–H groups in total. The molecule has 6 heteroatoms. The Morgan fingerprint density at radius 2 is 2.20 bits per heavy atom. The molecule has 0 amide bonds. The average Bonchev–Trinajstić information content (AvgIpc) is 2.44. The fourth-order valence-electron chi connectivity index (χ4n) is 2.58. The van der Waals surface area contributed by atoms with Crippen molar-refractivity contribution in [2.75, 3.05) is 50.6 Å². The van der Waals surface area contributed by atoms with E-state index in [2.05, 4.69) is 46.0 Å². The fraction of sp³-hybridized carbons (Fsp3) is 0.714. The normalized spacial score (nSPS) is 20.0. The highest BCUT2D eigenvalue weighted by molar-refractivity contribution is 5.65. The Morgan fingerprint density at radius 1 is 1.40 bits per heavy atom. The number of hydrogen-bond donors (Lipinski definition) is 1. The highest BCUT2D eigenvalue weighted by atomic mass is 16.5. The molecular weight excluding hydrogens is 254 g/mol. The van der Waals surface area contributed by atoms with Gasteiger partial charge in [-0.3, -0.25) is 0 Å². The van der Waals surface area contributed by atoms with Gasteiger partial charge in [0.1, 0.15) is 6.33 Å². The van der Waals surface area contributed by atoms with E-state index < -0.39 is 0 Å². The van der Waals surface area contributed by atoms with Crippen molar-refractivity contribution in [1.82, 2.24) is 14.9 Å². The highest BCUT2D eigenvalue weighted by Crippen LogP contribution is 2.33. The molecule has 1 aliphatic rings. The Balaban J connectivity index is 2.26. The van der Waals surface area contributed by atoms with Gasteiger partial charge in [0.05, 0.1) is 7.11 Å². The van der Waals surface area contributed by atoms with E-state index in [4.69, 9.17) is 4.74 Å². The van der Waals surface area contributed by atoms with Gasteiger partial charge in [0.25, 0.3) is 0 Å².